The molecule has 3 fully saturated rings. The molecule has 8 atom stereocenters. The fraction of sp³-hybridized carbons (Fsp3) is 0.727. The number of Topliss-reactive ketones (excluding diaryl/α,β-unsaturated/α-hetero) is 1. The van der Waals surface area contributed by atoms with E-state index in [0.717, 1.165) is 18.4 Å². The number of hydrogen-bond acceptors (Lipinski definition) is 5. The van der Waals surface area contributed by atoms with Crippen molar-refractivity contribution in [3.63, 3.8) is 0 Å². The highest BCUT2D eigenvalue weighted by atomic mass is 16.4. The Bertz CT molecular complexity index is 754. The van der Waals surface area contributed by atoms with Crippen molar-refractivity contribution in [1.82, 2.24) is 0 Å². The van der Waals surface area contributed by atoms with E-state index in [0.29, 0.717) is 6.42 Å². The van der Waals surface area contributed by atoms with E-state index in [4.69, 9.17) is 0 Å². The third kappa shape index (κ3) is 2.28. The second kappa shape index (κ2) is 5.85. The molecule has 0 amide bonds. The van der Waals surface area contributed by atoms with E-state index in [1.807, 2.05) is 13.0 Å². The van der Waals surface area contributed by atoms with E-state index in [1.165, 1.54) is 0 Å². The maximum Gasteiger partial charge on any atom is 0.178 e. The molecule has 0 unspecified atom stereocenters. The Hall–Kier alpha value is -1.30. The highest BCUT2D eigenvalue weighted by Gasteiger charge is 2.68. The van der Waals surface area contributed by atoms with E-state index >= 15 is 0 Å². The minimum atomic E-state index is -1.44. The van der Waals surface area contributed by atoms with Crippen LogP contribution in [0.3, 0.4) is 0 Å². The maximum atomic E-state index is 13.4. The van der Waals surface area contributed by atoms with Crippen LogP contribution in [0, 0.1) is 34.5 Å². The summed E-state index contributed by atoms with van der Waals surface area (Å²) < 4.78 is 0. The standard InChI is InChI=1S/C22H30O5/c1-12-8-14-15-5-7-22(27,18(26)11-23)21(15,3)10-17(25)19(14)20(2)6-4-13(24)9-16(12)20/h4,6,9,12,14-15,18-19,23,26-27H,5,7-8,10-11H2,1-3H3/t12-,14-,15-,18-,19+,20-,21-,22-/m0/s1. The fourth-order valence-corrected chi connectivity index (χ4v) is 7.19. The van der Waals surface area contributed by atoms with Crippen molar-refractivity contribution in [3.8, 4) is 0 Å². The number of aliphatic hydroxyl groups excluding tert-OH is 2. The Morgan fingerprint density at radius 3 is 2.67 bits per heavy atom. The van der Waals surface area contributed by atoms with Gasteiger partial charge in [-0.3, -0.25) is 9.59 Å². The molecule has 5 heteroatoms. The highest BCUT2D eigenvalue weighted by molar-refractivity contribution is 6.02. The molecule has 0 radical (unpaired) electrons. The Labute approximate surface area is 160 Å². The number of allylic oxidation sites excluding steroid dienone is 4. The lowest BCUT2D eigenvalue weighted by molar-refractivity contribution is -0.187. The third-order valence-corrected chi connectivity index (χ3v) is 8.52. The summed E-state index contributed by atoms with van der Waals surface area (Å²) in [6.07, 6.45) is 6.12. The van der Waals surface area contributed by atoms with Gasteiger partial charge in [0.1, 0.15) is 11.9 Å². The average Bonchev–Trinajstić information content (AvgIpc) is 2.87. The van der Waals surface area contributed by atoms with Crippen LogP contribution in [0.2, 0.25) is 0 Å². The van der Waals surface area contributed by atoms with E-state index < -0.39 is 29.1 Å². The van der Waals surface area contributed by atoms with Gasteiger partial charge in [0.2, 0.25) is 0 Å². The first-order valence-electron chi connectivity index (χ1n) is 10.1. The van der Waals surface area contributed by atoms with Gasteiger partial charge < -0.3 is 15.3 Å². The molecule has 4 rings (SSSR count). The highest BCUT2D eigenvalue weighted by Crippen LogP contribution is 2.67. The molecular formula is C22H30O5. The largest absolute Gasteiger partial charge is 0.394 e. The summed E-state index contributed by atoms with van der Waals surface area (Å²) in [7, 11) is 0. The van der Waals surface area contributed by atoms with Gasteiger partial charge in [-0.25, -0.2) is 0 Å². The zero-order chi connectivity index (χ0) is 19.8. The van der Waals surface area contributed by atoms with Crippen LogP contribution < -0.4 is 0 Å². The quantitative estimate of drug-likeness (QED) is 0.685. The van der Waals surface area contributed by atoms with E-state index in [1.54, 1.807) is 12.2 Å². The summed E-state index contributed by atoms with van der Waals surface area (Å²) in [5.74, 6) is 0.294. The van der Waals surface area contributed by atoms with Crippen molar-refractivity contribution >= 4 is 11.6 Å². The molecule has 27 heavy (non-hydrogen) atoms. The zero-order valence-electron chi connectivity index (χ0n) is 16.3. The lowest BCUT2D eigenvalue weighted by atomic mass is 9.45. The number of rotatable bonds is 2. The van der Waals surface area contributed by atoms with Crippen LogP contribution in [0.5, 0.6) is 0 Å². The molecule has 0 spiro atoms. The molecule has 0 bridgehead atoms. The van der Waals surface area contributed by atoms with Crippen LogP contribution in [0.25, 0.3) is 0 Å². The van der Waals surface area contributed by atoms with Crippen molar-refractivity contribution in [2.75, 3.05) is 6.61 Å². The minimum absolute atomic E-state index is 0.0119. The molecule has 4 aliphatic rings. The van der Waals surface area contributed by atoms with Crippen molar-refractivity contribution in [3.05, 3.63) is 23.8 Å². The number of ketones is 2. The maximum absolute atomic E-state index is 13.4. The third-order valence-electron chi connectivity index (χ3n) is 8.52. The summed E-state index contributed by atoms with van der Waals surface area (Å²) in [6, 6.07) is 0. The molecule has 148 valence electrons. The topological polar surface area (TPSA) is 94.8 Å². The first-order valence-corrected chi connectivity index (χ1v) is 10.1. The fourth-order valence-electron chi connectivity index (χ4n) is 7.19. The smallest absolute Gasteiger partial charge is 0.178 e. The molecule has 0 aromatic rings. The SMILES string of the molecule is C[C@H]1C[C@@H]2[C@H](C(=O)C[C@@]3(C)[C@H]2CC[C@]3(O)[C@@H](O)CO)[C@@]2(C)C=CC(=O)C=C12. The first kappa shape index (κ1) is 19.0. The lowest BCUT2D eigenvalue weighted by Crippen LogP contribution is -2.62. The van der Waals surface area contributed by atoms with Crippen LogP contribution in [0.1, 0.15) is 46.5 Å². The Morgan fingerprint density at radius 2 is 2.00 bits per heavy atom. The van der Waals surface area contributed by atoms with Crippen LogP contribution in [-0.4, -0.2) is 45.2 Å². The number of fused-ring (bicyclic) bond motifs is 5. The summed E-state index contributed by atoms with van der Waals surface area (Å²) in [6.45, 7) is 5.59. The van der Waals surface area contributed by atoms with Crippen LogP contribution >= 0.6 is 0 Å². The molecule has 3 N–H and O–H groups in total. The van der Waals surface area contributed by atoms with Gasteiger partial charge in [-0.1, -0.05) is 32.4 Å². The van der Waals surface area contributed by atoms with Crippen LogP contribution in [0.4, 0.5) is 0 Å². The van der Waals surface area contributed by atoms with Crippen molar-refractivity contribution < 1.29 is 24.9 Å². The molecular weight excluding hydrogens is 344 g/mol. The van der Waals surface area contributed by atoms with E-state index in [9.17, 15) is 24.9 Å². The molecule has 0 saturated heterocycles. The van der Waals surface area contributed by atoms with Crippen LogP contribution in [0.15, 0.2) is 23.8 Å². The second-order valence-electron chi connectivity index (χ2n) is 9.72. The molecule has 0 aromatic heterocycles. The first-order chi connectivity index (χ1) is 12.6. The molecule has 3 saturated carbocycles. The predicted molar refractivity (Wildman–Crippen MR) is 99.6 cm³/mol. The Balaban J connectivity index is 1.78. The van der Waals surface area contributed by atoms with Crippen molar-refractivity contribution in [2.45, 2.75) is 58.2 Å². The number of hydrogen-bond donors (Lipinski definition) is 3. The predicted octanol–water partition coefficient (Wildman–Crippen LogP) is 1.80. The van der Waals surface area contributed by atoms with Crippen molar-refractivity contribution in [2.24, 2.45) is 34.5 Å². The Morgan fingerprint density at radius 1 is 1.30 bits per heavy atom. The van der Waals surface area contributed by atoms with Gasteiger partial charge in [-0.05, 0) is 49.2 Å². The number of carbonyl (C=O) groups is 2. The van der Waals surface area contributed by atoms with Gasteiger partial charge >= 0.3 is 0 Å². The molecule has 0 heterocycles. The van der Waals surface area contributed by atoms with E-state index in [-0.39, 0.29) is 41.7 Å². The molecule has 0 aliphatic heterocycles. The van der Waals surface area contributed by atoms with E-state index in [2.05, 4.69) is 13.8 Å². The van der Waals surface area contributed by atoms with Crippen molar-refractivity contribution in [1.29, 1.82) is 0 Å². The Kier molecular flexibility index (Phi) is 4.12. The van der Waals surface area contributed by atoms with Gasteiger partial charge in [-0.15, -0.1) is 0 Å². The normalized spacial score (nSPS) is 49.9. The lowest BCUT2D eigenvalue weighted by Gasteiger charge is -2.58. The van der Waals surface area contributed by atoms with Gasteiger partial charge in [0.05, 0.1) is 12.2 Å². The number of carbonyl (C=O) groups excluding carboxylic acids is 2. The molecule has 5 nitrogen and oxygen atoms in total. The molecule has 0 aromatic carbocycles. The van der Waals surface area contributed by atoms with Gasteiger partial charge in [-0.2, -0.15) is 0 Å². The summed E-state index contributed by atoms with van der Waals surface area (Å²) in [5, 5.41) is 31.1. The molecule has 4 aliphatic carbocycles. The zero-order valence-corrected chi connectivity index (χ0v) is 16.3. The summed E-state index contributed by atoms with van der Waals surface area (Å²) >= 11 is 0. The van der Waals surface area contributed by atoms with Gasteiger partial charge in [0.15, 0.2) is 5.78 Å². The summed E-state index contributed by atoms with van der Waals surface area (Å²) in [5.41, 5.74) is -1.58. The van der Waals surface area contributed by atoms with Gasteiger partial charge in [0.25, 0.3) is 0 Å². The van der Waals surface area contributed by atoms with Gasteiger partial charge in [0, 0.05) is 23.2 Å². The number of aliphatic hydroxyl groups is 3. The average molecular weight is 374 g/mol. The minimum Gasteiger partial charge on any atom is -0.394 e. The monoisotopic (exact) mass is 374 g/mol. The summed E-state index contributed by atoms with van der Waals surface area (Å²) in [4.78, 5) is 25.4. The van der Waals surface area contributed by atoms with Crippen LogP contribution in [-0.2, 0) is 9.59 Å². The second-order valence-corrected chi connectivity index (χ2v) is 9.72.